The van der Waals surface area contributed by atoms with Gasteiger partial charge >= 0.3 is 0 Å². The number of thiazole rings is 1. The first kappa shape index (κ1) is 14.2. The first-order valence-corrected chi connectivity index (χ1v) is 6.96. The van der Waals surface area contributed by atoms with Crippen molar-refractivity contribution in [3.05, 3.63) is 44.9 Å². The van der Waals surface area contributed by atoms with E-state index in [0.29, 0.717) is 10.6 Å². The Bertz CT molecular complexity index is 558. The van der Waals surface area contributed by atoms with Crippen molar-refractivity contribution in [3.8, 4) is 5.75 Å². The van der Waals surface area contributed by atoms with E-state index in [1.807, 2.05) is 13.8 Å². The zero-order chi connectivity index (χ0) is 14.0. The van der Waals surface area contributed by atoms with Gasteiger partial charge in [0.15, 0.2) is 17.4 Å². The second-order valence-electron chi connectivity index (χ2n) is 4.06. The molecule has 0 fully saturated rings. The van der Waals surface area contributed by atoms with E-state index >= 15 is 0 Å². The molecule has 1 aromatic carbocycles. The summed E-state index contributed by atoms with van der Waals surface area (Å²) in [6, 6.07) is 2.34. The summed E-state index contributed by atoms with van der Waals surface area (Å²) in [5.74, 6) is -1.83. The van der Waals surface area contributed by atoms with E-state index in [9.17, 15) is 8.78 Å². The highest BCUT2D eigenvalue weighted by atomic mass is 35.5. The van der Waals surface area contributed by atoms with Crippen LogP contribution in [0.4, 0.5) is 8.78 Å². The predicted molar refractivity (Wildman–Crippen MR) is 71.8 cm³/mol. The number of aryl methyl sites for hydroxylation is 2. The summed E-state index contributed by atoms with van der Waals surface area (Å²) >= 11 is 6.98. The molecule has 102 valence electrons. The van der Waals surface area contributed by atoms with Crippen LogP contribution >= 0.6 is 22.9 Å². The van der Waals surface area contributed by atoms with Gasteiger partial charge in [-0.2, -0.15) is 0 Å². The average molecular weight is 304 g/mol. The molecule has 2 rings (SSSR count). The van der Waals surface area contributed by atoms with Crippen LogP contribution in [0.15, 0.2) is 12.1 Å². The van der Waals surface area contributed by atoms with Gasteiger partial charge in [0.1, 0.15) is 11.6 Å². The van der Waals surface area contributed by atoms with Crippen LogP contribution in [0, 0.1) is 25.5 Å². The van der Waals surface area contributed by atoms with Gasteiger partial charge < -0.3 is 4.74 Å². The predicted octanol–water partition coefficient (Wildman–Crippen LogP) is 4.36. The molecule has 2 nitrogen and oxygen atoms in total. The molecule has 0 bridgehead atoms. The van der Waals surface area contributed by atoms with Gasteiger partial charge in [-0.25, -0.2) is 13.8 Å². The molecule has 0 aliphatic heterocycles. The SMILES string of the molecule is Cc1nc(COc2c(F)cc(CCl)cc2F)sc1C. The molecule has 0 saturated carbocycles. The topological polar surface area (TPSA) is 22.1 Å². The number of rotatable bonds is 4. The van der Waals surface area contributed by atoms with E-state index in [0.717, 1.165) is 10.6 Å². The Balaban J connectivity index is 2.15. The zero-order valence-electron chi connectivity index (χ0n) is 10.5. The Morgan fingerprint density at radius 2 is 1.89 bits per heavy atom. The molecule has 0 aliphatic rings. The Morgan fingerprint density at radius 1 is 1.26 bits per heavy atom. The van der Waals surface area contributed by atoms with Gasteiger partial charge in [0.05, 0.1) is 5.69 Å². The van der Waals surface area contributed by atoms with E-state index < -0.39 is 11.6 Å². The van der Waals surface area contributed by atoms with Crippen LogP contribution in [0.1, 0.15) is 21.1 Å². The monoisotopic (exact) mass is 303 g/mol. The largest absolute Gasteiger partial charge is 0.480 e. The number of hydrogen-bond acceptors (Lipinski definition) is 3. The Labute approximate surface area is 119 Å². The molecule has 0 spiro atoms. The molecule has 0 N–H and O–H groups in total. The van der Waals surface area contributed by atoms with E-state index in [1.165, 1.54) is 23.5 Å². The minimum atomic E-state index is -0.749. The molecule has 0 radical (unpaired) electrons. The number of ether oxygens (including phenoxy) is 1. The molecule has 0 unspecified atom stereocenters. The average Bonchev–Trinajstić information content (AvgIpc) is 2.67. The van der Waals surface area contributed by atoms with Crippen LogP contribution in [0.2, 0.25) is 0 Å². The Morgan fingerprint density at radius 3 is 2.37 bits per heavy atom. The van der Waals surface area contributed by atoms with Gasteiger partial charge in [-0.1, -0.05) is 0 Å². The Kier molecular flexibility index (Phi) is 4.37. The van der Waals surface area contributed by atoms with Crippen LogP contribution in [-0.4, -0.2) is 4.98 Å². The summed E-state index contributed by atoms with van der Waals surface area (Å²) < 4.78 is 32.5. The number of halogens is 3. The number of aromatic nitrogens is 1. The second kappa shape index (κ2) is 5.84. The van der Waals surface area contributed by atoms with Crippen molar-refractivity contribution in [2.75, 3.05) is 0 Å². The van der Waals surface area contributed by atoms with E-state index in [4.69, 9.17) is 16.3 Å². The first-order valence-electron chi connectivity index (χ1n) is 5.61. The van der Waals surface area contributed by atoms with Crippen LogP contribution in [0.3, 0.4) is 0 Å². The molecule has 1 heterocycles. The number of alkyl halides is 1. The normalized spacial score (nSPS) is 10.8. The van der Waals surface area contributed by atoms with Crippen LogP contribution in [0.5, 0.6) is 5.75 Å². The molecule has 0 amide bonds. The fourth-order valence-electron chi connectivity index (χ4n) is 1.56. The third kappa shape index (κ3) is 3.22. The van der Waals surface area contributed by atoms with Gasteiger partial charge in [-0.05, 0) is 31.5 Å². The molecule has 1 aromatic heterocycles. The lowest BCUT2D eigenvalue weighted by atomic mass is 10.2. The van der Waals surface area contributed by atoms with Crippen molar-refractivity contribution in [1.82, 2.24) is 4.98 Å². The van der Waals surface area contributed by atoms with Gasteiger partial charge in [-0.3, -0.25) is 0 Å². The minimum Gasteiger partial charge on any atom is -0.480 e. The van der Waals surface area contributed by atoms with Crippen molar-refractivity contribution in [2.24, 2.45) is 0 Å². The third-order valence-corrected chi connectivity index (χ3v) is 3.98. The van der Waals surface area contributed by atoms with Gasteiger partial charge in [0, 0.05) is 10.8 Å². The fourth-order valence-corrected chi connectivity index (χ4v) is 2.56. The summed E-state index contributed by atoms with van der Waals surface area (Å²) in [6.07, 6.45) is 0. The molecule has 2 aromatic rings. The molecule has 0 saturated heterocycles. The zero-order valence-corrected chi connectivity index (χ0v) is 12.0. The third-order valence-electron chi connectivity index (χ3n) is 2.63. The molecular formula is C13H12ClF2NOS. The van der Waals surface area contributed by atoms with Crippen molar-refractivity contribution in [2.45, 2.75) is 26.3 Å². The lowest BCUT2D eigenvalue weighted by Crippen LogP contribution is -2.00. The summed E-state index contributed by atoms with van der Waals surface area (Å²) in [4.78, 5) is 5.31. The lowest BCUT2D eigenvalue weighted by molar-refractivity contribution is 0.273. The van der Waals surface area contributed by atoms with Crippen molar-refractivity contribution in [1.29, 1.82) is 0 Å². The highest BCUT2D eigenvalue weighted by Crippen LogP contribution is 2.26. The molecule has 0 aliphatic carbocycles. The first-order chi connectivity index (χ1) is 9.01. The summed E-state index contributed by atoms with van der Waals surface area (Å²) in [5, 5.41) is 0.690. The second-order valence-corrected chi connectivity index (χ2v) is 5.62. The van der Waals surface area contributed by atoms with E-state index in [-0.39, 0.29) is 18.2 Å². The quantitative estimate of drug-likeness (QED) is 0.783. The highest BCUT2D eigenvalue weighted by Gasteiger charge is 2.13. The number of hydrogen-bond donors (Lipinski definition) is 0. The standard InChI is InChI=1S/C13H12ClF2NOS/c1-7-8(2)19-12(17-7)6-18-13-10(15)3-9(5-14)4-11(13)16/h3-4H,5-6H2,1-2H3. The maximum absolute atomic E-state index is 13.6. The Hall–Kier alpha value is -1.20. The molecule has 6 heteroatoms. The van der Waals surface area contributed by atoms with Crippen molar-refractivity contribution in [3.63, 3.8) is 0 Å². The highest BCUT2D eigenvalue weighted by molar-refractivity contribution is 7.11. The summed E-state index contributed by atoms with van der Waals surface area (Å²) in [5.41, 5.74) is 1.28. The molecule has 0 atom stereocenters. The van der Waals surface area contributed by atoms with Crippen molar-refractivity contribution < 1.29 is 13.5 Å². The summed E-state index contributed by atoms with van der Waals surface area (Å²) in [7, 11) is 0. The maximum Gasteiger partial charge on any atom is 0.191 e. The molecular weight excluding hydrogens is 292 g/mol. The number of benzene rings is 1. The lowest BCUT2D eigenvalue weighted by Gasteiger charge is -2.08. The minimum absolute atomic E-state index is 0.0490. The van der Waals surface area contributed by atoms with Gasteiger partial charge in [0.2, 0.25) is 0 Å². The van der Waals surface area contributed by atoms with Crippen LogP contribution in [0.25, 0.3) is 0 Å². The fraction of sp³-hybridized carbons (Fsp3) is 0.308. The summed E-state index contributed by atoms with van der Waals surface area (Å²) in [6.45, 7) is 3.87. The van der Waals surface area contributed by atoms with Gasteiger partial charge in [0.25, 0.3) is 0 Å². The van der Waals surface area contributed by atoms with Crippen LogP contribution in [-0.2, 0) is 12.5 Å². The van der Waals surface area contributed by atoms with E-state index in [1.54, 1.807) is 0 Å². The van der Waals surface area contributed by atoms with Gasteiger partial charge in [-0.15, -0.1) is 22.9 Å². The number of nitrogens with zero attached hydrogens (tertiary/aromatic N) is 1. The maximum atomic E-state index is 13.6. The smallest absolute Gasteiger partial charge is 0.191 e. The van der Waals surface area contributed by atoms with Crippen molar-refractivity contribution >= 4 is 22.9 Å². The van der Waals surface area contributed by atoms with E-state index in [2.05, 4.69) is 4.98 Å². The van der Waals surface area contributed by atoms with Crippen LogP contribution < -0.4 is 4.74 Å². The molecule has 19 heavy (non-hydrogen) atoms.